The van der Waals surface area contributed by atoms with Gasteiger partial charge >= 0.3 is 6.09 Å². The Morgan fingerprint density at radius 1 is 1.47 bits per heavy atom. The van der Waals surface area contributed by atoms with Crippen molar-refractivity contribution < 1.29 is 33.7 Å². The number of hydrogen-bond acceptors (Lipinski definition) is 3. The fourth-order valence-electron chi connectivity index (χ4n) is 0.800. The summed E-state index contributed by atoms with van der Waals surface area (Å²) in [6.45, 7) is 5.94. The maximum Gasteiger partial charge on any atom is 0.407 e. The molecule has 86 valence electrons. The molecule has 6 heteroatoms. The minimum atomic E-state index is -0.464. The van der Waals surface area contributed by atoms with Crippen LogP contribution in [0.1, 0.15) is 20.8 Å². The summed E-state index contributed by atoms with van der Waals surface area (Å²) in [7, 11) is 1.59. The topological polar surface area (TPSA) is 47.6 Å². The van der Waals surface area contributed by atoms with Crippen molar-refractivity contribution in [2.75, 3.05) is 19.0 Å². The van der Waals surface area contributed by atoms with Crippen molar-refractivity contribution in [3.05, 3.63) is 0 Å². The minimum Gasteiger partial charge on any atom is -0.444 e. The molecule has 0 saturated heterocycles. The van der Waals surface area contributed by atoms with E-state index in [1.165, 1.54) is 0 Å². The first-order chi connectivity index (χ1) is 6.39. The summed E-state index contributed by atoms with van der Waals surface area (Å²) in [5.41, 5.74) is -0.464. The Balaban J connectivity index is 0. The molecule has 0 aliphatic rings. The van der Waals surface area contributed by atoms with Gasteiger partial charge in [0.25, 0.3) is 0 Å². The smallest absolute Gasteiger partial charge is 0.407 e. The van der Waals surface area contributed by atoms with Crippen LogP contribution in [0.3, 0.4) is 0 Å². The summed E-state index contributed by atoms with van der Waals surface area (Å²) in [5.74, 6) is 0. The average molecular weight is 334 g/mol. The predicted molar refractivity (Wildman–Crippen MR) is 58.8 cm³/mol. The Morgan fingerprint density at radius 3 is 2.33 bits per heavy atom. The number of carbonyl (C=O) groups is 1. The Morgan fingerprint density at radius 2 is 2.00 bits per heavy atom. The van der Waals surface area contributed by atoms with Gasteiger partial charge in [-0.2, -0.15) is 0 Å². The summed E-state index contributed by atoms with van der Waals surface area (Å²) in [6.07, 6.45) is -0.418. The summed E-state index contributed by atoms with van der Waals surface area (Å²) >= 11 is 3.27. The van der Waals surface area contributed by atoms with Crippen LogP contribution in [-0.4, -0.2) is 36.8 Å². The van der Waals surface area contributed by atoms with Crippen molar-refractivity contribution >= 4 is 22.0 Å². The van der Waals surface area contributed by atoms with Gasteiger partial charge in [0, 0.05) is 31.9 Å². The van der Waals surface area contributed by atoms with Crippen LogP contribution in [0.4, 0.5) is 4.79 Å². The van der Waals surface area contributed by atoms with Gasteiger partial charge in [-0.25, -0.2) is 4.79 Å². The molecule has 1 amide bonds. The number of alkyl carbamates (subject to hydrolysis) is 1. The molecule has 0 aromatic carbocycles. The first-order valence-electron chi connectivity index (χ1n) is 4.43. The average Bonchev–Trinajstić information content (AvgIpc) is 2.00. The predicted octanol–water partition coefficient (Wildman–Crippen LogP) is 1.92. The fourth-order valence-corrected chi connectivity index (χ4v) is 1.15. The molecule has 0 aromatic heterocycles. The Labute approximate surface area is 112 Å². The monoisotopic (exact) mass is 331 g/mol. The summed E-state index contributed by atoms with van der Waals surface area (Å²) < 4.78 is 10.0. The molecule has 0 aliphatic heterocycles. The van der Waals surface area contributed by atoms with Gasteiger partial charge in [-0.05, 0) is 20.8 Å². The normalized spacial score (nSPS) is 12.6. The number of methoxy groups -OCH3 is 1. The molecule has 1 unspecified atom stereocenters. The van der Waals surface area contributed by atoms with E-state index in [-0.39, 0.29) is 25.5 Å². The van der Waals surface area contributed by atoms with Gasteiger partial charge in [-0.3, -0.25) is 0 Å². The van der Waals surface area contributed by atoms with Gasteiger partial charge < -0.3 is 14.8 Å². The van der Waals surface area contributed by atoms with Crippen LogP contribution >= 0.6 is 15.9 Å². The van der Waals surface area contributed by atoms with E-state index in [4.69, 9.17) is 9.47 Å². The molecule has 0 spiro atoms. The van der Waals surface area contributed by atoms with Crippen molar-refractivity contribution in [3.8, 4) is 0 Å². The molecule has 15 heavy (non-hydrogen) atoms. The first kappa shape index (κ1) is 17.7. The van der Waals surface area contributed by atoms with Crippen molar-refractivity contribution in [3.63, 3.8) is 0 Å². The second-order valence-corrected chi connectivity index (χ2v) is 4.60. The van der Waals surface area contributed by atoms with Crippen LogP contribution in [0.25, 0.3) is 0 Å². The van der Waals surface area contributed by atoms with E-state index in [0.29, 0.717) is 11.9 Å². The van der Waals surface area contributed by atoms with Gasteiger partial charge in [0.1, 0.15) is 5.60 Å². The first-order valence-corrected chi connectivity index (χ1v) is 5.55. The number of carbonyl (C=O) groups excluding carboxylic acids is 1. The number of alkyl halides is 1. The molecule has 0 radical (unpaired) electrons. The van der Waals surface area contributed by atoms with Crippen molar-refractivity contribution in [2.45, 2.75) is 32.4 Å². The zero-order chi connectivity index (χ0) is 11.2. The molecule has 0 bridgehead atoms. The van der Waals surface area contributed by atoms with Crippen molar-refractivity contribution in [1.82, 2.24) is 5.32 Å². The zero-order valence-electron chi connectivity index (χ0n) is 9.80. The number of amides is 1. The summed E-state index contributed by atoms with van der Waals surface area (Å²) in [6, 6.07) is -0.0603. The minimum absolute atomic E-state index is 0. The number of ether oxygens (including phenoxy) is 2. The molecule has 0 saturated carbocycles. The quantitative estimate of drug-likeness (QED) is 0.631. The Kier molecular flexibility index (Phi) is 10.0. The second kappa shape index (κ2) is 8.48. The molecule has 0 heterocycles. The second-order valence-electron chi connectivity index (χ2n) is 3.95. The number of nitrogens with one attached hydrogen (secondary N) is 1. The largest absolute Gasteiger partial charge is 0.444 e. The van der Waals surface area contributed by atoms with Gasteiger partial charge in [0.15, 0.2) is 0 Å². The Bertz CT molecular complexity index is 185. The van der Waals surface area contributed by atoms with Gasteiger partial charge in [0.05, 0.1) is 12.6 Å². The SMILES string of the molecule is COCC(CBr)NC(=O)OC(C)(C)C.[Zn]. The van der Waals surface area contributed by atoms with E-state index < -0.39 is 11.7 Å². The molecule has 1 N–H and O–H groups in total. The third-order valence-corrected chi connectivity index (χ3v) is 2.06. The molecule has 0 fully saturated rings. The molecule has 4 nitrogen and oxygen atoms in total. The molecule has 1 atom stereocenters. The molecule has 0 rings (SSSR count). The number of halogens is 1. The fraction of sp³-hybridized carbons (Fsp3) is 0.889. The van der Waals surface area contributed by atoms with Gasteiger partial charge in [0.2, 0.25) is 0 Å². The molecular formula is C9H18BrNO3Zn. The van der Waals surface area contributed by atoms with Crippen LogP contribution < -0.4 is 5.32 Å². The number of hydrogen-bond donors (Lipinski definition) is 1. The van der Waals surface area contributed by atoms with E-state index in [1.807, 2.05) is 20.8 Å². The van der Waals surface area contributed by atoms with E-state index in [1.54, 1.807) is 7.11 Å². The van der Waals surface area contributed by atoms with Crippen LogP contribution in [0.15, 0.2) is 0 Å². The van der Waals surface area contributed by atoms with Crippen LogP contribution in [0.5, 0.6) is 0 Å². The summed E-state index contributed by atoms with van der Waals surface area (Å²) in [5, 5.41) is 3.33. The summed E-state index contributed by atoms with van der Waals surface area (Å²) in [4.78, 5) is 11.3. The zero-order valence-corrected chi connectivity index (χ0v) is 14.4. The third kappa shape index (κ3) is 10.6. The number of rotatable bonds is 4. The van der Waals surface area contributed by atoms with E-state index >= 15 is 0 Å². The van der Waals surface area contributed by atoms with Crippen LogP contribution in [0, 0.1) is 0 Å². The van der Waals surface area contributed by atoms with E-state index in [2.05, 4.69) is 21.2 Å². The van der Waals surface area contributed by atoms with E-state index in [9.17, 15) is 4.79 Å². The van der Waals surface area contributed by atoms with E-state index in [0.717, 1.165) is 0 Å². The third-order valence-electron chi connectivity index (χ3n) is 1.27. The van der Waals surface area contributed by atoms with Crippen molar-refractivity contribution in [2.24, 2.45) is 0 Å². The van der Waals surface area contributed by atoms with Crippen LogP contribution in [-0.2, 0) is 29.0 Å². The molecular weight excluding hydrogens is 315 g/mol. The Hall–Kier alpha value is 0.333. The maximum atomic E-state index is 11.3. The molecule has 0 aromatic rings. The maximum absolute atomic E-state index is 11.3. The van der Waals surface area contributed by atoms with Gasteiger partial charge in [-0.15, -0.1) is 0 Å². The van der Waals surface area contributed by atoms with Crippen molar-refractivity contribution in [1.29, 1.82) is 0 Å². The van der Waals surface area contributed by atoms with Gasteiger partial charge in [-0.1, -0.05) is 15.9 Å². The van der Waals surface area contributed by atoms with Crippen LogP contribution in [0.2, 0.25) is 0 Å². The molecule has 0 aliphatic carbocycles. The standard InChI is InChI=1S/C9H18BrNO3.Zn/c1-9(2,3)14-8(12)11-7(5-10)6-13-4;/h7H,5-6H2,1-4H3,(H,11,12);.